The molecule has 0 saturated carbocycles. The third kappa shape index (κ3) is 5.92. The lowest BCUT2D eigenvalue weighted by Gasteiger charge is -2.45. The molecular formula is C42H39F3N4O. The molecule has 5 nitrogen and oxygen atoms in total. The molecule has 0 spiro atoms. The van der Waals surface area contributed by atoms with Crippen LogP contribution in [0.2, 0.25) is 0 Å². The molecule has 0 radical (unpaired) electrons. The number of hydrogen-bond donors (Lipinski definition) is 0. The molecule has 3 heterocycles. The average Bonchev–Trinajstić information content (AvgIpc) is 3.43. The van der Waals surface area contributed by atoms with Crippen molar-refractivity contribution in [2.75, 3.05) is 44.2 Å². The number of carbonyl (C=O) groups is 1. The van der Waals surface area contributed by atoms with E-state index in [1.165, 1.54) is 34.0 Å². The molecule has 2 aliphatic heterocycles. The van der Waals surface area contributed by atoms with E-state index in [1.54, 1.807) is 6.07 Å². The largest absolute Gasteiger partial charge is 0.416 e. The summed E-state index contributed by atoms with van der Waals surface area (Å²) in [6.45, 7) is 3.97. The molecule has 0 N–H and O–H groups in total. The van der Waals surface area contributed by atoms with Crippen molar-refractivity contribution >= 4 is 33.4 Å². The molecule has 1 amide bonds. The first-order chi connectivity index (χ1) is 24.3. The molecule has 254 valence electrons. The average molecular weight is 673 g/mol. The highest BCUT2D eigenvalue weighted by Gasteiger charge is 2.41. The Labute approximate surface area is 290 Å². The van der Waals surface area contributed by atoms with Gasteiger partial charge in [0.05, 0.1) is 11.6 Å². The van der Waals surface area contributed by atoms with Crippen LogP contribution in [-0.4, -0.2) is 59.5 Å². The predicted molar refractivity (Wildman–Crippen MR) is 194 cm³/mol. The zero-order valence-electron chi connectivity index (χ0n) is 28.0. The third-order valence-electron chi connectivity index (χ3n) is 10.7. The highest BCUT2D eigenvalue weighted by molar-refractivity contribution is 6.08. The van der Waals surface area contributed by atoms with E-state index in [2.05, 4.69) is 82.1 Å². The number of para-hydroxylation sites is 1. The van der Waals surface area contributed by atoms with E-state index in [0.717, 1.165) is 41.2 Å². The van der Waals surface area contributed by atoms with Crippen molar-refractivity contribution in [3.05, 3.63) is 149 Å². The monoisotopic (exact) mass is 672 g/mol. The molecule has 0 aliphatic carbocycles. The van der Waals surface area contributed by atoms with Crippen molar-refractivity contribution in [1.82, 2.24) is 14.4 Å². The standard InChI is InChI=1S/C42H39F3N4O/c1-46-38-17-8-7-15-34(38)36-26-30(18-19-39(36)46)40-37(28-47-22-24-48(25-23-47)32-13-9-12-31(27-32)42(43,44)45)33-14-5-6-16-35(33)41(50)49(40)21-20-29-10-3-2-4-11-29/h2-19,26-27,37,40H,20-25,28H2,1H3/t37-,40+/m1/s1. The van der Waals surface area contributed by atoms with E-state index in [4.69, 9.17) is 0 Å². The first-order valence-electron chi connectivity index (χ1n) is 17.3. The number of halogens is 3. The maximum Gasteiger partial charge on any atom is 0.416 e. The second-order valence-electron chi connectivity index (χ2n) is 13.6. The third-order valence-corrected chi connectivity index (χ3v) is 10.7. The van der Waals surface area contributed by atoms with Crippen LogP contribution in [0.5, 0.6) is 0 Å². The number of benzene rings is 5. The lowest BCUT2D eigenvalue weighted by molar-refractivity contribution is -0.137. The maximum absolute atomic E-state index is 14.5. The summed E-state index contributed by atoms with van der Waals surface area (Å²) in [5.41, 5.74) is 6.38. The second kappa shape index (κ2) is 13.0. The molecule has 2 aliphatic rings. The quantitative estimate of drug-likeness (QED) is 0.170. The Morgan fingerprint density at radius 2 is 1.44 bits per heavy atom. The molecule has 1 saturated heterocycles. The summed E-state index contributed by atoms with van der Waals surface area (Å²) >= 11 is 0. The zero-order valence-corrected chi connectivity index (χ0v) is 28.0. The predicted octanol–water partition coefficient (Wildman–Crippen LogP) is 8.70. The molecule has 8 rings (SSSR count). The van der Waals surface area contributed by atoms with Crippen molar-refractivity contribution in [3.8, 4) is 0 Å². The normalized spacial score (nSPS) is 18.6. The van der Waals surface area contributed by atoms with E-state index in [0.29, 0.717) is 38.4 Å². The van der Waals surface area contributed by atoms with E-state index < -0.39 is 11.7 Å². The van der Waals surface area contributed by atoms with Gasteiger partial charge in [0, 0.05) is 85.3 Å². The lowest BCUT2D eigenvalue weighted by Crippen LogP contribution is -2.51. The van der Waals surface area contributed by atoms with Gasteiger partial charge in [-0.15, -0.1) is 0 Å². The Morgan fingerprint density at radius 1 is 0.720 bits per heavy atom. The second-order valence-corrected chi connectivity index (χ2v) is 13.6. The molecule has 1 aromatic heterocycles. The summed E-state index contributed by atoms with van der Waals surface area (Å²) in [6, 6.07) is 38.9. The van der Waals surface area contributed by atoms with Gasteiger partial charge in [-0.3, -0.25) is 9.69 Å². The summed E-state index contributed by atoms with van der Waals surface area (Å²) in [6.07, 6.45) is -3.63. The van der Waals surface area contributed by atoms with Gasteiger partial charge in [0.25, 0.3) is 5.91 Å². The Bertz CT molecular complexity index is 2170. The number of anilines is 1. The van der Waals surface area contributed by atoms with Gasteiger partial charge in [0.2, 0.25) is 0 Å². The smallest absolute Gasteiger partial charge is 0.369 e. The Morgan fingerprint density at radius 3 is 2.24 bits per heavy atom. The topological polar surface area (TPSA) is 31.7 Å². The molecule has 2 atom stereocenters. The van der Waals surface area contributed by atoms with E-state index in [-0.39, 0.29) is 17.9 Å². The van der Waals surface area contributed by atoms with Gasteiger partial charge in [0.15, 0.2) is 0 Å². The van der Waals surface area contributed by atoms with Crippen molar-refractivity contribution in [3.63, 3.8) is 0 Å². The minimum atomic E-state index is -4.37. The highest BCUT2D eigenvalue weighted by Crippen LogP contribution is 2.45. The maximum atomic E-state index is 14.5. The van der Waals surface area contributed by atoms with Crippen molar-refractivity contribution in [2.45, 2.75) is 24.6 Å². The fourth-order valence-corrected chi connectivity index (χ4v) is 8.14. The van der Waals surface area contributed by atoms with Gasteiger partial charge in [-0.1, -0.05) is 78.9 Å². The number of fused-ring (bicyclic) bond motifs is 4. The van der Waals surface area contributed by atoms with Crippen LogP contribution in [0.3, 0.4) is 0 Å². The molecule has 5 aromatic carbocycles. The van der Waals surface area contributed by atoms with Gasteiger partial charge < -0.3 is 14.4 Å². The van der Waals surface area contributed by atoms with Crippen molar-refractivity contribution in [1.29, 1.82) is 0 Å². The number of nitrogens with zero attached hydrogens (tertiary/aromatic N) is 4. The van der Waals surface area contributed by atoms with E-state index >= 15 is 0 Å². The first-order valence-corrected chi connectivity index (χ1v) is 17.3. The van der Waals surface area contributed by atoms with Gasteiger partial charge in [-0.05, 0) is 65.6 Å². The SMILES string of the molecule is Cn1c2ccccc2c2cc([C@H]3[C@H](CN4CCN(c5cccc(C(F)(F)F)c5)CC4)c4ccccc4C(=O)N3CCc3ccccc3)ccc21. The molecule has 8 heteroatoms. The Kier molecular flexibility index (Phi) is 8.35. The first kappa shape index (κ1) is 32.1. The number of carbonyl (C=O) groups excluding carboxylic acids is 1. The summed E-state index contributed by atoms with van der Waals surface area (Å²) in [5.74, 6) is 0.0392. The number of rotatable bonds is 7. The number of aryl methyl sites for hydroxylation is 1. The summed E-state index contributed by atoms with van der Waals surface area (Å²) in [5, 5.41) is 2.36. The van der Waals surface area contributed by atoms with Crippen molar-refractivity contribution < 1.29 is 18.0 Å². The van der Waals surface area contributed by atoms with Crippen LogP contribution in [0.1, 0.15) is 44.6 Å². The van der Waals surface area contributed by atoms with Gasteiger partial charge in [-0.25, -0.2) is 0 Å². The molecular weight excluding hydrogens is 633 g/mol. The number of amides is 1. The Balaban J connectivity index is 1.16. The van der Waals surface area contributed by atoms with Crippen LogP contribution in [0.25, 0.3) is 21.8 Å². The molecule has 1 fully saturated rings. The number of piperazine rings is 1. The van der Waals surface area contributed by atoms with Crippen LogP contribution in [-0.2, 0) is 19.6 Å². The molecule has 0 unspecified atom stereocenters. The van der Waals surface area contributed by atoms with Gasteiger partial charge >= 0.3 is 6.18 Å². The van der Waals surface area contributed by atoms with E-state index in [9.17, 15) is 18.0 Å². The lowest BCUT2D eigenvalue weighted by atomic mass is 9.79. The van der Waals surface area contributed by atoms with Crippen molar-refractivity contribution in [2.24, 2.45) is 7.05 Å². The fraction of sp³-hybridized carbons (Fsp3) is 0.262. The van der Waals surface area contributed by atoms with Crippen LogP contribution in [0.15, 0.2) is 121 Å². The van der Waals surface area contributed by atoms with Crippen LogP contribution >= 0.6 is 0 Å². The number of alkyl halides is 3. The fourth-order valence-electron chi connectivity index (χ4n) is 8.14. The zero-order chi connectivity index (χ0) is 34.4. The summed E-state index contributed by atoms with van der Waals surface area (Å²) in [4.78, 5) is 21.0. The van der Waals surface area contributed by atoms with Crippen LogP contribution < -0.4 is 4.90 Å². The molecule has 6 aromatic rings. The summed E-state index contributed by atoms with van der Waals surface area (Å²) in [7, 11) is 2.10. The highest BCUT2D eigenvalue weighted by atomic mass is 19.4. The summed E-state index contributed by atoms with van der Waals surface area (Å²) < 4.78 is 42.6. The minimum Gasteiger partial charge on any atom is -0.369 e. The Hall–Kier alpha value is -5.08. The van der Waals surface area contributed by atoms with Crippen LogP contribution in [0, 0.1) is 0 Å². The van der Waals surface area contributed by atoms with Gasteiger partial charge in [-0.2, -0.15) is 13.2 Å². The number of aromatic nitrogens is 1. The van der Waals surface area contributed by atoms with Gasteiger partial charge in [0.1, 0.15) is 0 Å². The minimum absolute atomic E-state index is 0.00722. The molecule has 50 heavy (non-hydrogen) atoms. The number of hydrogen-bond acceptors (Lipinski definition) is 3. The van der Waals surface area contributed by atoms with E-state index in [1.807, 2.05) is 41.3 Å². The molecule has 0 bridgehead atoms. The van der Waals surface area contributed by atoms with Crippen LogP contribution in [0.4, 0.5) is 18.9 Å².